The molecule has 0 aromatic rings. The maximum atomic E-state index is 12.0. The third-order valence-electron chi connectivity index (χ3n) is 2.31. The first kappa shape index (κ1) is 18.7. The number of amides is 1. The van der Waals surface area contributed by atoms with Gasteiger partial charge in [0.15, 0.2) is 0 Å². The molecule has 0 heterocycles. The summed E-state index contributed by atoms with van der Waals surface area (Å²) >= 11 is 0. The zero-order valence-electron chi connectivity index (χ0n) is 13.5. The smallest absolute Gasteiger partial charge is 0.408 e. The Morgan fingerprint density at radius 2 is 1.70 bits per heavy atom. The Labute approximate surface area is 121 Å². The van der Waals surface area contributed by atoms with Crippen molar-refractivity contribution in [1.29, 1.82) is 0 Å². The lowest BCUT2D eigenvalue weighted by Crippen LogP contribution is -2.48. The Hall–Kier alpha value is -1.30. The first-order valence-corrected chi connectivity index (χ1v) is 6.75. The van der Waals surface area contributed by atoms with Crippen molar-refractivity contribution in [1.82, 2.24) is 5.32 Å². The lowest BCUT2D eigenvalue weighted by Gasteiger charge is -2.25. The van der Waals surface area contributed by atoms with Crippen molar-refractivity contribution in [3.8, 4) is 0 Å². The van der Waals surface area contributed by atoms with Crippen LogP contribution in [0.1, 0.15) is 41.5 Å². The van der Waals surface area contributed by atoms with E-state index in [-0.39, 0.29) is 12.0 Å². The van der Waals surface area contributed by atoms with Gasteiger partial charge >= 0.3 is 12.1 Å². The monoisotopic (exact) mass is 289 g/mol. The van der Waals surface area contributed by atoms with Crippen LogP contribution in [0, 0.1) is 5.92 Å². The van der Waals surface area contributed by atoms with E-state index < -0.39 is 23.7 Å². The molecule has 1 amide bonds. The molecule has 1 N–H and O–H groups in total. The number of ether oxygens (including phenoxy) is 3. The zero-order chi connectivity index (χ0) is 15.9. The molecule has 0 aromatic heterocycles. The minimum absolute atomic E-state index is 0.107. The van der Waals surface area contributed by atoms with Crippen LogP contribution in [0.15, 0.2) is 0 Å². The third kappa shape index (κ3) is 7.99. The van der Waals surface area contributed by atoms with Crippen molar-refractivity contribution >= 4 is 12.1 Å². The second-order valence-corrected chi connectivity index (χ2v) is 6.07. The zero-order valence-corrected chi connectivity index (χ0v) is 13.5. The van der Waals surface area contributed by atoms with E-state index in [0.29, 0.717) is 6.61 Å². The van der Waals surface area contributed by atoms with Gasteiger partial charge in [-0.25, -0.2) is 9.59 Å². The highest BCUT2D eigenvalue weighted by Crippen LogP contribution is 2.10. The normalized spacial score (nSPS) is 14.6. The van der Waals surface area contributed by atoms with Gasteiger partial charge in [-0.3, -0.25) is 0 Å². The average molecular weight is 289 g/mol. The number of methoxy groups -OCH3 is 1. The van der Waals surface area contributed by atoms with Gasteiger partial charge in [-0.1, -0.05) is 13.8 Å². The molecule has 118 valence electrons. The molecule has 0 saturated carbocycles. The van der Waals surface area contributed by atoms with Gasteiger partial charge in [0.2, 0.25) is 0 Å². The molecule has 0 bridgehead atoms. The molecule has 2 atom stereocenters. The Morgan fingerprint density at radius 3 is 2.10 bits per heavy atom. The molecule has 6 nitrogen and oxygen atoms in total. The Morgan fingerprint density at radius 1 is 1.15 bits per heavy atom. The van der Waals surface area contributed by atoms with Crippen LogP contribution in [0.3, 0.4) is 0 Å². The van der Waals surface area contributed by atoms with E-state index in [0.717, 1.165) is 0 Å². The lowest BCUT2D eigenvalue weighted by atomic mass is 10.1. The van der Waals surface area contributed by atoms with Crippen molar-refractivity contribution < 1.29 is 23.8 Å². The molecule has 0 saturated heterocycles. The SMILES string of the molecule is COCC(C)OC(=O)C(NC(=O)OC(C)(C)C)C(C)C. The van der Waals surface area contributed by atoms with Crippen LogP contribution >= 0.6 is 0 Å². The lowest BCUT2D eigenvalue weighted by molar-refractivity contribution is -0.154. The molecule has 2 unspecified atom stereocenters. The number of hydrogen-bond donors (Lipinski definition) is 1. The predicted molar refractivity (Wildman–Crippen MR) is 75.4 cm³/mol. The maximum absolute atomic E-state index is 12.0. The second kappa shape index (κ2) is 8.09. The summed E-state index contributed by atoms with van der Waals surface area (Å²) in [6.45, 7) is 11.0. The van der Waals surface area contributed by atoms with Gasteiger partial charge in [0, 0.05) is 7.11 Å². The number of esters is 1. The highest BCUT2D eigenvalue weighted by molar-refractivity contribution is 5.81. The second-order valence-electron chi connectivity index (χ2n) is 6.07. The molecule has 0 radical (unpaired) electrons. The highest BCUT2D eigenvalue weighted by Gasteiger charge is 2.29. The maximum Gasteiger partial charge on any atom is 0.408 e. The van der Waals surface area contributed by atoms with E-state index in [1.165, 1.54) is 7.11 Å². The standard InChI is InChI=1S/C14H27NO5/c1-9(2)11(12(16)19-10(3)8-18-7)15-13(17)20-14(4,5)6/h9-11H,8H2,1-7H3,(H,15,17). The molecule has 0 aromatic carbocycles. The number of rotatable bonds is 6. The molecule has 6 heteroatoms. The van der Waals surface area contributed by atoms with Crippen molar-refractivity contribution in [2.75, 3.05) is 13.7 Å². The van der Waals surface area contributed by atoms with Crippen molar-refractivity contribution in [2.45, 2.75) is 59.3 Å². The van der Waals surface area contributed by atoms with Crippen LogP contribution in [-0.2, 0) is 19.0 Å². The van der Waals surface area contributed by atoms with Crippen LogP contribution in [0.5, 0.6) is 0 Å². The fourth-order valence-corrected chi connectivity index (χ4v) is 1.47. The summed E-state index contributed by atoms with van der Waals surface area (Å²) in [4.78, 5) is 23.7. The summed E-state index contributed by atoms with van der Waals surface area (Å²) in [5, 5.41) is 2.54. The van der Waals surface area contributed by atoms with Crippen molar-refractivity contribution in [3.05, 3.63) is 0 Å². The summed E-state index contributed by atoms with van der Waals surface area (Å²) in [5.41, 5.74) is -0.612. The van der Waals surface area contributed by atoms with Gasteiger partial charge in [0.25, 0.3) is 0 Å². The van der Waals surface area contributed by atoms with Crippen molar-refractivity contribution in [2.24, 2.45) is 5.92 Å². The number of alkyl carbamates (subject to hydrolysis) is 1. The van der Waals surface area contributed by atoms with E-state index >= 15 is 0 Å². The van der Waals surface area contributed by atoms with E-state index in [1.807, 2.05) is 13.8 Å². The molecular weight excluding hydrogens is 262 g/mol. The first-order chi connectivity index (χ1) is 9.06. The van der Waals surface area contributed by atoms with E-state index in [4.69, 9.17) is 14.2 Å². The molecule has 0 fully saturated rings. The summed E-state index contributed by atoms with van der Waals surface area (Å²) in [6.07, 6.45) is -0.998. The van der Waals surface area contributed by atoms with Gasteiger partial charge in [-0.05, 0) is 33.6 Å². The molecule has 0 aliphatic carbocycles. The fourth-order valence-electron chi connectivity index (χ4n) is 1.47. The van der Waals surface area contributed by atoms with Crippen LogP contribution < -0.4 is 5.32 Å². The summed E-state index contributed by atoms with van der Waals surface area (Å²) in [7, 11) is 1.53. The first-order valence-electron chi connectivity index (χ1n) is 6.75. The van der Waals surface area contributed by atoms with E-state index in [9.17, 15) is 9.59 Å². The molecule has 20 heavy (non-hydrogen) atoms. The number of nitrogens with one attached hydrogen (secondary N) is 1. The number of carbonyl (C=O) groups is 2. The molecule has 0 aliphatic heterocycles. The van der Waals surface area contributed by atoms with E-state index in [1.54, 1.807) is 27.7 Å². The third-order valence-corrected chi connectivity index (χ3v) is 2.31. The van der Waals surface area contributed by atoms with Gasteiger partial charge in [0.1, 0.15) is 17.7 Å². The summed E-state index contributed by atoms with van der Waals surface area (Å²) in [6, 6.07) is -0.746. The number of hydrogen-bond acceptors (Lipinski definition) is 5. The van der Waals surface area contributed by atoms with Gasteiger partial charge in [0.05, 0.1) is 6.61 Å². The minimum Gasteiger partial charge on any atom is -0.459 e. The number of carbonyl (C=O) groups excluding carboxylic acids is 2. The summed E-state index contributed by atoms with van der Waals surface area (Å²) < 4.78 is 15.3. The quantitative estimate of drug-likeness (QED) is 0.758. The van der Waals surface area contributed by atoms with E-state index in [2.05, 4.69) is 5.32 Å². The largest absolute Gasteiger partial charge is 0.459 e. The van der Waals surface area contributed by atoms with Crippen LogP contribution in [0.4, 0.5) is 4.79 Å². The Bertz CT molecular complexity index is 322. The molecule has 0 aliphatic rings. The molecular formula is C14H27NO5. The van der Waals surface area contributed by atoms with Gasteiger partial charge < -0.3 is 19.5 Å². The minimum atomic E-state index is -0.746. The van der Waals surface area contributed by atoms with Crippen LogP contribution in [0.2, 0.25) is 0 Å². The van der Waals surface area contributed by atoms with Crippen LogP contribution in [-0.4, -0.2) is 43.5 Å². The fraction of sp³-hybridized carbons (Fsp3) is 0.857. The Kier molecular flexibility index (Phi) is 7.57. The predicted octanol–water partition coefficient (Wildman–Crippen LogP) is 2.11. The molecule has 0 spiro atoms. The average Bonchev–Trinajstić information content (AvgIpc) is 2.22. The van der Waals surface area contributed by atoms with Crippen LogP contribution in [0.25, 0.3) is 0 Å². The summed E-state index contributed by atoms with van der Waals surface area (Å²) in [5.74, 6) is -0.597. The highest BCUT2D eigenvalue weighted by atomic mass is 16.6. The van der Waals surface area contributed by atoms with Gasteiger partial charge in [-0.2, -0.15) is 0 Å². The van der Waals surface area contributed by atoms with Crippen molar-refractivity contribution in [3.63, 3.8) is 0 Å². The topological polar surface area (TPSA) is 73.9 Å². The Balaban J connectivity index is 4.57. The molecule has 0 rings (SSSR count). The van der Waals surface area contributed by atoms with Gasteiger partial charge in [-0.15, -0.1) is 0 Å².